The van der Waals surface area contributed by atoms with Gasteiger partial charge in [0.05, 0.1) is 12.0 Å². The average Bonchev–Trinajstić information content (AvgIpc) is 2.78. The molecule has 0 unspecified atom stereocenters. The third-order valence-electron chi connectivity index (χ3n) is 2.08. The van der Waals surface area contributed by atoms with Gasteiger partial charge in [-0.1, -0.05) is 32.6 Å². The smallest absolute Gasteiger partial charge is 0.116 e. The molecule has 1 aromatic rings. The fourth-order valence-electron chi connectivity index (χ4n) is 1.42. The highest BCUT2D eigenvalue weighted by Gasteiger charge is 2.01. The van der Waals surface area contributed by atoms with E-state index in [1.54, 1.807) is 12.5 Å². The van der Waals surface area contributed by atoms with Crippen LogP contribution >= 0.6 is 0 Å². The van der Waals surface area contributed by atoms with Gasteiger partial charge in [0.25, 0.3) is 0 Å². The van der Waals surface area contributed by atoms with Gasteiger partial charge in [-0.3, -0.25) is 0 Å². The summed E-state index contributed by atoms with van der Waals surface area (Å²) in [5.41, 5.74) is 7.29. The van der Waals surface area contributed by atoms with Gasteiger partial charge in [-0.25, -0.2) is 9.37 Å². The lowest BCUT2D eigenvalue weighted by molar-refractivity contribution is 0.665. The van der Waals surface area contributed by atoms with Crippen molar-refractivity contribution in [3.63, 3.8) is 0 Å². The van der Waals surface area contributed by atoms with Gasteiger partial charge in [0.15, 0.2) is 0 Å². The highest BCUT2D eigenvalue weighted by atomic mass is 19.1. The molecule has 0 saturated heterocycles. The molecule has 3 nitrogen and oxygen atoms in total. The van der Waals surface area contributed by atoms with Crippen LogP contribution in [0.25, 0.3) is 0 Å². The van der Waals surface area contributed by atoms with Crippen molar-refractivity contribution in [3.05, 3.63) is 54.4 Å². The van der Waals surface area contributed by atoms with Crippen LogP contribution in [0.15, 0.2) is 48.7 Å². The van der Waals surface area contributed by atoms with E-state index in [1.807, 2.05) is 37.5 Å². The van der Waals surface area contributed by atoms with Crippen LogP contribution in [0.3, 0.4) is 0 Å². The van der Waals surface area contributed by atoms with Gasteiger partial charge < -0.3 is 10.3 Å². The molecular formula is C14H22FN3. The zero-order valence-corrected chi connectivity index (χ0v) is 11.4. The summed E-state index contributed by atoms with van der Waals surface area (Å²) in [7, 11) is 0. The molecule has 0 bridgehead atoms. The number of hydrogen-bond donors (Lipinski definition) is 1. The maximum atomic E-state index is 12.7. The summed E-state index contributed by atoms with van der Waals surface area (Å²) in [4.78, 5) is 4.00. The van der Waals surface area contributed by atoms with E-state index < -0.39 is 5.83 Å². The van der Waals surface area contributed by atoms with Crippen LogP contribution in [0.5, 0.6) is 0 Å². The molecular weight excluding hydrogens is 229 g/mol. The molecule has 0 fully saturated rings. The summed E-state index contributed by atoms with van der Waals surface area (Å²) in [6.45, 7) is 10.1. The van der Waals surface area contributed by atoms with Crippen molar-refractivity contribution in [2.75, 3.05) is 0 Å². The lowest BCUT2D eigenvalue weighted by atomic mass is 10.2. The van der Waals surface area contributed by atoms with Crippen molar-refractivity contribution < 1.29 is 4.39 Å². The molecule has 1 aromatic heterocycles. The molecule has 100 valence electrons. The zero-order valence-electron chi connectivity index (χ0n) is 11.4. The third kappa shape index (κ3) is 5.59. The quantitative estimate of drug-likeness (QED) is 0.815. The number of imidazole rings is 1. The maximum absolute atomic E-state index is 12.7. The van der Waals surface area contributed by atoms with Crippen molar-refractivity contribution in [2.45, 2.75) is 33.9 Å². The van der Waals surface area contributed by atoms with Gasteiger partial charge >= 0.3 is 0 Å². The summed E-state index contributed by atoms with van der Waals surface area (Å²) in [6, 6.07) is 0. The topological polar surface area (TPSA) is 43.8 Å². The maximum Gasteiger partial charge on any atom is 0.116 e. The number of allylic oxidation sites excluding steroid dienone is 5. The highest BCUT2D eigenvalue weighted by molar-refractivity contribution is 5.25. The second-order valence-corrected chi connectivity index (χ2v) is 3.38. The van der Waals surface area contributed by atoms with Gasteiger partial charge in [-0.05, 0) is 18.6 Å². The predicted octanol–water partition coefficient (Wildman–Crippen LogP) is 3.35. The van der Waals surface area contributed by atoms with Crippen LogP contribution in [0.2, 0.25) is 0 Å². The van der Waals surface area contributed by atoms with Crippen LogP contribution < -0.4 is 5.73 Å². The number of nitrogens with two attached hydrogens (primary N) is 1. The lowest BCUT2D eigenvalue weighted by Crippen LogP contribution is -2.07. The van der Waals surface area contributed by atoms with E-state index in [4.69, 9.17) is 5.73 Å². The Kier molecular flexibility index (Phi) is 8.49. The number of nitrogens with zero attached hydrogens (tertiary/aromatic N) is 2. The van der Waals surface area contributed by atoms with Crippen LogP contribution in [0, 0.1) is 0 Å². The summed E-state index contributed by atoms with van der Waals surface area (Å²) >= 11 is 0. The first-order valence-corrected chi connectivity index (χ1v) is 6.04. The van der Waals surface area contributed by atoms with Crippen molar-refractivity contribution >= 4 is 0 Å². The Morgan fingerprint density at radius 3 is 2.72 bits per heavy atom. The molecule has 0 aliphatic carbocycles. The average molecular weight is 251 g/mol. The number of halogens is 1. The van der Waals surface area contributed by atoms with E-state index in [2.05, 4.69) is 11.6 Å². The van der Waals surface area contributed by atoms with E-state index in [0.29, 0.717) is 13.1 Å². The minimum Gasteiger partial charge on any atom is -0.329 e. The SMILES string of the molecule is C=C(F)/C=C(\C=C/C)Cn1cncc1CN.CC. The second-order valence-electron chi connectivity index (χ2n) is 3.38. The number of aromatic nitrogens is 2. The number of hydrogen-bond acceptors (Lipinski definition) is 2. The largest absolute Gasteiger partial charge is 0.329 e. The highest BCUT2D eigenvalue weighted by Crippen LogP contribution is 2.09. The van der Waals surface area contributed by atoms with Crippen molar-refractivity contribution in [1.29, 1.82) is 0 Å². The van der Waals surface area contributed by atoms with Gasteiger partial charge in [0.2, 0.25) is 0 Å². The molecule has 0 aliphatic rings. The Morgan fingerprint density at radius 2 is 2.22 bits per heavy atom. The van der Waals surface area contributed by atoms with Gasteiger partial charge in [0, 0.05) is 19.3 Å². The number of rotatable bonds is 5. The first-order valence-electron chi connectivity index (χ1n) is 6.04. The first kappa shape index (κ1) is 16.3. The molecule has 1 heterocycles. The standard InChI is InChI=1S/C12H16FN3.C2H6/c1-3-4-11(5-10(2)13)8-16-9-15-7-12(16)6-14;1-2/h3-5,7,9H,2,6,8,14H2,1H3;1-2H3/b4-3-,11-5+;. The monoisotopic (exact) mass is 251 g/mol. The molecule has 4 heteroatoms. The normalized spacial score (nSPS) is 11.3. The van der Waals surface area contributed by atoms with E-state index in [9.17, 15) is 4.39 Å². The second kappa shape index (κ2) is 9.36. The van der Waals surface area contributed by atoms with Crippen molar-refractivity contribution in [3.8, 4) is 0 Å². The molecule has 0 aliphatic heterocycles. The molecule has 0 spiro atoms. The summed E-state index contributed by atoms with van der Waals surface area (Å²) in [5.74, 6) is -0.456. The van der Waals surface area contributed by atoms with Gasteiger partial charge in [0.1, 0.15) is 5.83 Å². The van der Waals surface area contributed by atoms with Crippen LogP contribution in [-0.4, -0.2) is 9.55 Å². The van der Waals surface area contributed by atoms with E-state index in [-0.39, 0.29) is 0 Å². The van der Waals surface area contributed by atoms with E-state index in [0.717, 1.165) is 11.3 Å². The molecule has 2 N–H and O–H groups in total. The van der Waals surface area contributed by atoms with E-state index >= 15 is 0 Å². The fourth-order valence-corrected chi connectivity index (χ4v) is 1.42. The molecule has 0 saturated carbocycles. The van der Waals surface area contributed by atoms with Gasteiger partial charge in [-0.15, -0.1) is 0 Å². The Hall–Kier alpha value is -1.68. The fraction of sp³-hybridized carbons (Fsp3) is 0.357. The predicted molar refractivity (Wildman–Crippen MR) is 74.6 cm³/mol. The molecule has 0 atom stereocenters. The Balaban J connectivity index is 0.00000137. The first-order chi connectivity index (χ1) is 8.67. The van der Waals surface area contributed by atoms with E-state index in [1.165, 1.54) is 6.08 Å². The van der Waals surface area contributed by atoms with Crippen molar-refractivity contribution in [2.24, 2.45) is 5.73 Å². The lowest BCUT2D eigenvalue weighted by Gasteiger charge is -2.07. The zero-order chi connectivity index (χ0) is 14.0. The third-order valence-corrected chi connectivity index (χ3v) is 2.08. The summed E-state index contributed by atoms with van der Waals surface area (Å²) in [6.07, 6.45) is 8.48. The minimum atomic E-state index is -0.456. The molecule has 18 heavy (non-hydrogen) atoms. The molecule has 0 aromatic carbocycles. The Bertz CT molecular complexity index is 416. The molecule has 1 rings (SSSR count). The van der Waals surface area contributed by atoms with Crippen molar-refractivity contribution in [1.82, 2.24) is 9.55 Å². The minimum absolute atomic E-state index is 0.416. The van der Waals surface area contributed by atoms with Gasteiger partial charge in [-0.2, -0.15) is 0 Å². The Labute approximate surface area is 109 Å². The Morgan fingerprint density at radius 1 is 1.56 bits per heavy atom. The van der Waals surface area contributed by atoms with Crippen LogP contribution in [-0.2, 0) is 13.1 Å². The summed E-state index contributed by atoms with van der Waals surface area (Å²) < 4.78 is 14.6. The van der Waals surface area contributed by atoms with Crippen LogP contribution in [0.1, 0.15) is 26.5 Å². The molecule has 0 radical (unpaired) electrons. The summed E-state index contributed by atoms with van der Waals surface area (Å²) in [5, 5.41) is 0. The van der Waals surface area contributed by atoms with Crippen LogP contribution in [0.4, 0.5) is 4.39 Å². The molecule has 0 amide bonds.